The second kappa shape index (κ2) is 10.1. The zero-order valence-corrected chi connectivity index (χ0v) is 18.6. The van der Waals surface area contributed by atoms with Gasteiger partial charge in [-0.05, 0) is 48.8 Å². The van der Waals surface area contributed by atoms with Crippen LogP contribution in [0.1, 0.15) is 68.5 Å². The molecule has 5 heteroatoms. The van der Waals surface area contributed by atoms with Crippen molar-refractivity contribution in [3.8, 4) is 0 Å². The first-order valence-corrected chi connectivity index (χ1v) is 11.6. The van der Waals surface area contributed by atoms with Crippen LogP contribution in [0, 0.1) is 0 Å². The first-order valence-electron chi connectivity index (χ1n) is 10.8. The first kappa shape index (κ1) is 21.6. The van der Waals surface area contributed by atoms with Crippen LogP contribution in [0.2, 0.25) is 0 Å². The number of hydrogen-bond donors (Lipinski definition) is 0. The maximum Gasteiger partial charge on any atom is 0.243 e. The first-order chi connectivity index (χ1) is 14.1. The summed E-state index contributed by atoms with van der Waals surface area (Å²) in [5.41, 5.74) is 2.36. The molecule has 1 aliphatic heterocycles. The molecule has 0 saturated heterocycles. The van der Waals surface area contributed by atoms with Crippen LogP contribution in [0.4, 0.5) is 0 Å². The number of hydrogen-bond acceptors (Lipinski definition) is 3. The Morgan fingerprint density at radius 1 is 1.21 bits per heavy atom. The van der Waals surface area contributed by atoms with Gasteiger partial charge in [0.2, 0.25) is 11.8 Å². The average Bonchev–Trinajstić information content (AvgIpc) is 3.23. The number of unbranched alkanes of at least 4 members (excludes halogenated alkanes) is 1. The molecule has 0 bridgehead atoms. The van der Waals surface area contributed by atoms with Gasteiger partial charge < -0.3 is 9.80 Å². The quantitative estimate of drug-likeness (QED) is 0.609. The van der Waals surface area contributed by atoms with Crippen LogP contribution in [0.3, 0.4) is 0 Å². The SMILES string of the molecule is CCCCC(=O)N(CC(=O)N1CCc2sccc2[C@H]1c1ccccc1)[C@H](C)CC. The van der Waals surface area contributed by atoms with Gasteiger partial charge >= 0.3 is 0 Å². The third-order valence-electron chi connectivity index (χ3n) is 5.89. The molecule has 0 spiro atoms. The Kier molecular flexibility index (Phi) is 7.48. The minimum atomic E-state index is -0.0665. The van der Waals surface area contributed by atoms with E-state index in [1.165, 1.54) is 10.4 Å². The molecule has 2 amide bonds. The van der Waals surface area contributed by atoms with Gasteiger partial charge in [0.05, 0.1) is 6.04 Å². The Bertz CT molecular complexity index is 817. The number of fused-ring (bicyclic) bond motifs is 1. The van der Waals surface area contributed by atoms with Gasteiger partial charge in [0.25, 0.3) is 0 Å². The predicted molar refractivity (Wildman–Crippen MR) is 119 cm³/mol. The molecule has 0 N–H and O–H groups in total. The number of benzene rings is 1. The maximum atomic E-state index is 13.5. The fourth-order valence-electron chi connectivity index (χ4n) is 4.00. The van der Waals surface area contributed by atoms with E-state index in [4.69, 9.17) is 0 Å². The number of carbonyl (C=O) groups excluding carboxylic acids is 2. The third-order valence-corrected chi connectivity index (χ3v) is 6.89. The molecule has 29 heavy (non-hydrogen) atoms. The fourth-order valence-corrected chi connectivity index (χ4v) is 4.90. The Hall–Kier alpha value is -2.14. The Morgan fingerprint density at radius 3 is 2.66 bits per heavy atom. The number of nitrogens with zero attached hydrogens (tertiary/aromatic N) is 2. The molecule has 1 aromatic heterocycles. The van der Waals surface area contributed by atoms with E-state index in [2.05, 4.69) is 37.4 Å². The molecule has 0 radical (unpaired) electrons. The normalized spacial score (nSPS) is 16.9. The Morgan fingerprint density at radius 2 is 1.97 bits per heavy atom. The minimum Gasteiger partial charge on any atom is -0.331 e. The van der Waals surface area contributed by atoms with Gasteiger partial charge in [-0.1, -0.05) is 50.6 Å². The van der Waals surface area contributed by atoms with Crippen molar-refractivity contribution >= 4 is 23.2 Å². The van der Waals surface area contributed by atoms with Gasteiger partial charge in [-0.3, -0.25) is 9.59 Å². The lowest BCUT2D eigenvalue weighted by Crippen LogP contribution is -2.49. The highest BCUT2D eigenvalue weighted by Crippen LogP contribution is 2.37. The van der Waals surface area contributed by atoms with E-state index in [0.29, 0.717) is 13.0 Å². The molecule has 2 heterocycles. The number of rotatable bonds is 8. The Balaban J connectivity index is 1.85. The zero-order chi connectivity index (χ0) is 20.8. The van der Waals surface area contributed by atoms with E-state index in [-0.39, 0.29) is 30.4 Å². The lowest BCUT2D eigenvalue weighted by molar-refractivity contribution is -0.143. The predicted octanol–water partition coefficient (Wildman–Crippen LogP) is 5.04. The van der Waals surface area contributed by atoms with E-state index >= 15 is 0 Å². The van der Waals surface area contributed by atoms with Gasteiger partial charge in [0.1, 0.15) is 6.54 Å². The highest BCUT2D eigenvalue weighted by atomic mass is 32.1. The Labute approximate surface area is 178 Å². The van der Waals surface area contributed by atoms with Crippen LogP contribution in [0.25, 0.3) is 0 Å². The average molecular weight is 413 g/mol. The molecule has 1 aliphatic rings. The lowest BCUT2D eigenvalue weighted by Gasteiger charge is -2.38. The van der Waals surface area contributed by atoms with Crippen LogP contribution >= 0.6 is 11.3 Å². The van der Waals surface area contributed by atoms with Crippen molar-refractivity contribution < 1.29 is 9.59 Å². The molecule has 1 aromatic carbocycles. The standard InChI is InChI=1S/C24H32N2O2S/c1-4-6-12-22(27)26(18(3)5-2)17-23(28)25-15-13-21-20(14-16-29-21)24(25)19-10-8-7-9-11-19/h7-11,14,16,18,24H,4-6,12-13,15,17H2,1-3H3/t18-,24-/m1/s1. The van der Waals surface area contributed by atoms with Crippen LogP contribution < -0.4 is 0 Å². The zero-order valence-electron chi connectivity index (χ0n) is 17.8. The summed E-state index contributed by atoms with van der Waals surface area (Å²) >= 11 is 1.77. The summed E-state index contributed by atoms with van der Waals surface area (Å²) < 4.78 is 0. The molecule has 0 unspecified atom stereocenters. The fraction of sp³-hybridized carbons (Fsp3) is 0.500. The summed E-state index contributed by atoms with van der Waals surface area (Å²) in [6, 6.07) is 12.4. The van der Waals surface area contributed by atoms with Crippen LogP contribution in [-0.4, -0.2) is 40.7 Å². The van der Waals surface area contributed by atoms with E-state index in [1.807, 2.05) is 30.0 Å². The minimum absolute atomic E-state index is 0.0425. The highest BCUT2D eigenvalue weighted by Gasteiger charge is 2.34. The van der Waals surface area contributed by atoms with Gasteiger partial charge in [0.15, 0.2) is 0 Å². The van der Waals surface area contributed by atoms with Crippen molar-refractivity contribution in [2.45, 2.75) is 65.0 Å². The molecule has 4 nitrogen and oxygen atoms in total. The topological polar surface area (TPSA) is 40.6 Å². The van der Waals surface area contributed by atoms with E-state index < -0.39 is 0 Å². The third kappa shape index (κ3) is 4.89. The molecule has 156 valence electrons. The van der Waals surface area contributed by atoms with E-state index in [0.717, 1.165) is 31.2 Å². The van der Waals surface area contributed by atoms with Crippen LogP contribution in [0.5, 0.6) is 0 Å². The lowest BCUT2D eigenvalue weighted by atomic mass is 9.93. The van der Waals surface area contributed by atoms with Crippen LogP contribution in [0.15, 0.2) is 41.8 Å². The molecule has 2 aromatic rings. The van der Waals surface area contributed by atoms with Gasteiger partial charge in [-0.15, -0.1) is 11.3 Å². The van der Waals surface area contributed by atoms with Crippen molar-refractivity contribution in [3.63, 3.8) is 0 Å². The van der Waals surface area contributed by atoms with Crippen LogP contribution in [-0.2, 0) is 16.0 Å². The molecule has 0 fully saturated rings. The maximum absolute atomic E-state index is 13.5. The molecular formula is C24H32N2O2S. The highest BCUT2D eigenvalue weighted by molar-refractivity contribution is 7.10. The molecular weight excluding hydrogens is 380 g/mol. The van der Waals surface area contributed by atoms with Crippen molar-refractivity contribution in [1.82, 2.24) is 9.80 Å². The number of carbonyl (C=O) groups is 2. The molecule has 2 atom stereocenters. The second-order valence-corrected chi connectivity index (χ2v) is 8.83. The summed E-state index contributed by atoms with van der Waals surface area (Å²) in [5.74, 6) is 0.139. The largest absolute Gasteiger partial charge is 0.331 e. The summed E-state index contributed by atoms with van der Waals surface area (Å²) in [4.78, 5) is 31.4. The second-order valence-electron chi connectivity index (χ2n) is 7.83. The monoisotopic (exact) mass is 412 g/mol. The van der Waals surface area contributed by atoms with Crippen molar-refractivity contribution in [3.05, 3.63) is 57.8 Å². The number of thiophene rings is 1. The summed E-state index contributed by atoms with van der Waals surface area (Å²) in [6.07, 6.45) is 4.10. The van der Waals surface area contributed by atoms with Gasteiger partial charge in [-0.2, -0.15) is 0 Å². The smallest absolute Gasteiger partial charge is 0.243 e. The molecule has 0 aliphatic carbocycles. The number of amides is 2. The van der Waals surface area contributed by atoms with Gasteiger partial charge in [0, 0.05) is 23.9 Å². The summed E-state index contributed by atoms with van der Waals surface area (Å²) in [7, 11) is 0. The van der Waals surface area contributed by atoms with Crippen molar-refractivity contribution in [2.24, 2.45) is 0 Å². The van der Waals surface area contributed by atoms with Crippen molar-refractivity contribution in [1.29, 1.82) is 0 Å². The molecule has 3 rings (SSSR count). The van der Waals surface area contributed by atoms with E-state index in [9.17, 15) is 9.59 Å². The summed E-state index contributed by atoms with van der Waals surface area (Å²) in [6.45, 7) is 7.06. The van der Waals surface area contributed by atoms with E-state index in [1.54, 1.807) is 16.2 Å². The van der Waals surface area contributed by atoms with Gasteiger partial charge in [-0.25, -0.2) is 0 Å². The summed E-state index contributed by atoms with van der Waals surface area (Å²) in [5, 5.41) is 2.12. The van der Waals surface area contributed by atoms with Crippen molar-refractivity contribution in [2.75, 3.05) is 13.1 Å². The molecule has 0 saturated carbocycles.